The molecule has 0 aromatic heterocycles. The maximum absolute atomic E-state index is 12.1. The van der Waals surface area contributed by atoms with Gasteiger partial charge in [-0.2, -0.15) is 0 Å². The lowest BCUT2D eigenvalue weighted by Gasteiger charge is -2.11. The molecule has 0 bridgehead atoms. The number of carbonyl (C=O) groups is 2. The van der Waals surface area contributed by atoms with Crippen LogP contribution in [0.1, 0.15) is 22.8 Å². The van der Waals surface area contributed by atoms with Gasteiger partial charge in [0.25, 0.3) is 5.91 Å². The lowest BCUT2D eigenvalue weighted by Crippen LogP contribution is -2.28. The number of esters is 1. The Bertz CT molecular complexity index is 929. The highest BCUT2D eigenvalue weighted by Crippen LogP contribution is 2.28. The summed E-state index contributed by atoms with van der Waals surface area (Å²) < 4.78 is 20.4. The van der Waals surface area contributed by atoms with E-state index < -0.39 is 23.4 Å². The number of benzene rings is 2. The number of hydrogen-bond acceptors (Lipinski definition) is 8. The van der Waals surface area contributed by atoms with E-state index in [1.54, 1.807) is 25.1 Å². The molecule has 1 amide bonds. The second-order valence-corrected chi connectivity index (χ2v) is 5.91. The van der Waals surface area contributed by atoms with E-state index in [1.165, 1.54) is 26.4 Å². The highest BCUT2D eigenvalue weighted by atomic mass is 16.6. The van der Waals surface area contributed by atoms with Crippen LogP contribution < -0.4 is 19.5 Å². The van der Waals surface area contributed by atoms with Crippen LogP contribution in [-0.2, 0) is 16.1 Å². The van der Waals surface area contributed by atoms with Gasteiger partial charge in [-0.15, -0.1) is 0 Å². The first-order valence-corrected chi connectivity index (χ1v) is 8.95. The molecule has 0 saturated carbocycles. The molecule has 0 heterocycles. The smallest absolute Gasteiger partial charge is 0.338 e. The van der Waals surface area contributed by atoms with Gasteiger partial charge in [0.05, 0.1) is 31.3 Å². The fourth-order valence-corrected chi connectivity index (χ4v) is 2.52. The zero-order valence-electron chi connectivity index (χ0n) is 16.8. The Labute approximate surface area is 172 Å². The molecule has 10 heteroatoms. The van der Waals surface area contributed by atoms with Gasteiger partial charge in [-0.3, -0.25) is 14.9 Å². The van der Waals surface area contributed by atoms with E-state index in [2.05, 4.69) is 5.32 Å². The molecule has 0 spiro atoms. The van der Waals surface area contributed by atoms with E-state index >= 15 is 0 Å². The van der Waals surface area contributed by atoms with Crippen LogP contribution in [0, 0.1) is 10.1 Å². The lowest BCUT2D eigenvalue weighted by molar-refractivity contribution is -0.385. The summed E-state index contributed by atoms with van der Waals surface area (Å²) in [4.78, 5) is 34.6. The molecule has 30 heavy (non-hydrogen) atoms. The van der Waals surface area contributed by atoms with Crippen LogP contribution in [0.25, 0.3) is 0 Å². The van der Waals surface area contributed by atoms with E-state index in [0.717, 1.165) is 11.6 Å². The number of methoxy groups -OCH3 is 2. The van der Waals surface area contributed by atoms with Gasteiger partial charge in [0.15, 0.2) is 23.9 Å². The molecule has 2 aromatic rings. The number of hydrogen-bond donors (Lipinski definition) is 1. The van der Waals surface area contributed by atoms with Crippen molar-refractivity contribution in [2.45, 2.75) is 13.5 Å². The van der Waals surface area contributed by atoms with Gasteiger partial charge in [0.1, 0.15) is 0 Å². The largest absolute Gasteiger partial charge is 0.493 e. The Kier molecular flexibility index (Phi) is 7.98. The number of amides is 1. The third-order valence-electron chi connectivity index (χ3n) is 3.96. The van der Waals surface area contributed by atoms with Crippen molar-refractivity contribution in [1.29, 1.82) is 0 Å². The first-order chi connectivity index (χ1) is 14.4. The minimum Gasteiger partial charge on any atom is -0.493 e. The van der Waals surface area contributed by atoms with Gasteiger partial charge in [-0.25, -0.2) is 4.79 Å². The van der Waals surface area contributed by atoms with Gasteiger partial charge in [-0.1, -0.05) is 6.07 Å². The average molecular weight is 418 g/mol. The van der Waals surface area contributed by atoms with Crippen LogP contribution in [0.15, 0.2) is 36.4 Å². The van der Waals surface area contributed by atoms with E-state index in [1.807, 2.05) is 0 Å². The summed E-state index contributed by atoms with van der Waals surface area (Å²) >= 11 is 0. The van der Waals surface area contributed by atoms with Crippen molar-refractivity contribution in [2.24, 2.45) is 0 Å². The monoisotopic (exact) mass is 418 g/mol. The Hall–Kier alpha value is -3.82. The van der Waals surface area contributed by atoms with Crippen LogP contribution >= 0.6 is 0 Å². The van der Waals surface area contributed by atoms with Gasteiger partial charge in [-0.05, 0) is 36.8 Å². The number of nitro groups is 1. The molecule has 0 aliphatic carbocycles. The SMILES string of the molecule is CCOc1ccc(C(=O)OCC(=O)NCc2ccc(OC)c(OC)c2)cc1[N+](=O)[O-]. The standard InChI is InChI=1S/C20H22N2O8/c1-4-29-16-8-6-14(10-15(16)22(25)26)20(24)30-12-19(23)21-11-13-5-7-17(27-2)18(9-13)28-3/h5-10H,4,11-12H2,1-3H3,(H,21,23). The predicted molar refractivity (Wildman–Crippen MR) is 106 cm³/mol. The zero-order valence-corrected chi connectivity index (χ0v) is 16.8. The highest BCUT2D eigenvalue weighted by molar-refractivity contribution is 5.92. The van der Waals surface area contributed by atoms with Crippen LogP contribution in [0.5, 0.6) is 17.2 Å². The van der Waals surface area contributed by atoms with E-state index in [-0.39, 0.29) is 30.2 Å². The average Bonchev–Trinajstić information content (AvgIpc) is 2.75. The molecule has 0 atom stereocenters. The van der Waals surface area contributed by atoms with Crippen LogP contribution in [0.4, 0.5) is 5.69 Å². The van der Waals surface area contributed by atoms with Crippen molar-refractivity contribution in [2.75, 3.05) is 27.4 Å². The normalized spacial score (nSPS) is 10.1. The van der Waals surface area contributed by atoms with E-state index in [0.29, 0.717) is 11.5 Å². The molecule has 2 rings (SSSR count). The molecule has 0 aliphatic rings. The first kappa shape index (κ1) is 22.5. The number of rotatable bonds is 10. The van der Waals surface area contributed by atoms with Crippen molar-refractivity contribution in [3.63, 3.8) is 0 Å². The summed E-state index contributed by atoms with van der Waals surface area (Å²) in [6, 6.07) is 8.88. The molecular weight excluding hydrogens is 396 g/mol. The van der Waals surface area contributed by atoms with Crippen molar-refractivity contribution in [3.05, 3.63) is 57.6 Å². The molecule has 160 valence electrons. The summed E-state index contributed by atoms with van der Waals surface area (Å²) in [7, 11) is 3.03. The van der Waals surface area contributed by atoms with Crippen molar-refractivity contribution in [1.82, 2.24) is 5.32 Å². The summed E-state index contributed by atoms with van der Waals surface area (Å²) in [5.41, 5.74) is 0.344. The number of ether oxygens (including phenoxy) is 4. The molecular formula is C20H22N2O8. The summed E-state index contributed by atoms with van der Waals surface area (Å²) in [5, 5.41) is 13.7. The fraction of sp³-hybridized carbons (Fsp3) is 0.300. The quantitative estimate of drug-likeness (QED) is 0.354. The van der Waals surface area contributed by atoms with Crippen molar-refractivity contribution < 1.29 is 33.5 Å². The van der Waals surface area contributed by atoms with Crippen molar-refractivity contribution >= 4 is 17.6 Å². The van der Waals surface area contributed by atoms with Gasteiger partial charge < -0.3 is 24.3 Å². The molecule has 0 saturated heterocycles. The summed E-state index contributed by atoms with van der Waals surface area (Å²) in [6.45, 7) is 1.58. The molecule has 0 radical (unpaired) electrons. The maximum Gasteiger partial charge on any atom is 0.338 e. The molecule has 0 unspecified atom stereocenters. The number of nitrogens with one attached hydrogen (secondary N) is 1. The third-order valence-corrected chi connectivity index (χ3v) is 3.96. The van der Waals surface area contributed by atoms with Crippen LogP contribution in [-0.4, -0.2) is 44.2 Å². The summed E-state index contributed by atoms with van der Waals surface area (Å²) in [6.07, 6.45) is 0. The molecule has 2 aromatic carbocycles. The Morgan fingerprint density at radius 1 is 1.03 bits per heavy atom. The number of nitro benzene ring substituents is 1. The van der Waals surface area contributed by atoms with Crippen LogP contribution in [0.2, 0.25) is 0 Å². The molecule has 0 fully saturated rings. The van der Waals surface area contributed by atoms with E-state index in [4.69, 9.17) is 18.9 Å². The van der Waals surface area contributed by atoms with Gasteiger partial charge >= 0.3 is 11.7 Å². The third kappa shape index (κ3) is 5.84. The number of carbonyl (C=O) groups excluding carboxylic acids is 2. The maximum atomic E-state index is 12.1. The second-order valence-electron chi connectivity index (χ2n) is 5.91. The fourth-order valence-electron chi connectivity index (χ4n) is 2.52. The van der Waals surface area contributed by atoms with Gasteiger partial charge in [0, 0.05) is 12.6 Å². The number of nitrogens with zero attached hydrogens (tertiary/aromatic N) is 1. The topological polar surface area (TPSA) is 126 Å². The minimum atomic E-state index is -0.859. The predicted octanol–water partition coefficient (Wildman–Crippen LogP) is 2.48. The Morgan fingerprint density at radius 3 is 2.37 bits per heavy atom. The minimum absolute atomic E-state index is 0.0479. The highest BCUT2D eigenvalue weighted by Gasteiger charge is 2.20. The van der Waals surface area contributed by atoms with E-state index in [9.17, 15) is 19.7 Å². The second kappa shape index (κ2) is 10.6. The first-order valence-electron chi connectivity index (χ1n) is 8.95. The molecule has 10 nitrogen and oxygen atoms in total. The molecule has 1 N–H and O–H groups in total. The Balaban J connectivity index is 1.92. The summed E-state index contributed by atoms with van der Waals surface area (Å²) in [5.74, 6) is -0.258. The van der Waals surface area contributed by atoms with Crippen LogP contribution in [0.3, 0.4) is 0 Å². The van der Waals surface area contributed by atoms with Gasteiger partial charge in [0.2, 0.25) is 0 Å². The zero-order chi connectivity index (χ0) is 22.1. The lowest BCUT2D eigenvalue weighted by atomic mass is 10.2. The molecule has 0 aliphatic heterocycles. The van der Waals surface area contributed by atoms with Crippen molar-refractivity contribution in [3.8, 4) is 17.2 Å². The Morgan fingerprint density at radius 2 is 1.73 bits per heavy atom.